The topological polar surface area (TPSA) is 95.9 Å². The monoisotopic (exact) mass is 583 g/mol. The first-order valence-corrected chi connectivity index (χ1v) is 12.8. The third kappa shape index (κ3) is 6.46. The number of rotatable bonds is 11. The highest BCUT2D eigenvalue weighted by Gasteiger charge is 2.36. The number of aromatic nitrogens is 3. The van der Waals surface area contributed by atoms with Gasteiger partial charge in [0.05, 0.1) is 17.3 Å². The molecule has 0 aliphatic heterocycles. The van der Waals surface area contributed by atoms with Crippen molar-refractivity contribution in [1.29, 1.82) is 5.26 Å². The summed E-state index contributed by atoms with van der Waals surface area (Å²) >= 11 is 0. The molecule has 12 heteroatoms. The maximum atomic E-state index is 15.3. The van der Waals surface area contributed by atoms with E-state index in [4.69, 9.17) is 4.42 Å². The van der Waals surface area contributed by atoms with E-state index in [2.05, 4.69) is 15.2 Å². The zero-order valence-corrected chi connectivity index (χ0v) is 22.9. The fourth-order valence-electron chi connectivity index (χ4n) is 4.19. The Bertz CT molecular complexity index is 1600. The first-order chi connectivity index (χ1) is 19.9. The molecule has 0 aliphatic rings. The van der Waals surface area contributed by atoms with E-state index in [1.165, 1.54) is 36.9 Å². The van der Waals surface area contributed by atoms with Crippen LogP contribution in [0.4, 0.5) is 27.6 Å². The second-order valence-corrected chi connectivity index (χ2v) is 10.2. The summed E-state index contributed by atoms with van der Waals surface area (Å²) < 4.78 is 77.0. The van der Waals surface area contributed by atoms with Crippen molar-refractivity contribution in [3.05, 3.63) is 83.1 Å². The Hall–Kier alpha value is -4.66. The number of hydrogen-bond acceptors (Lipinski definition) is 7. The van der Waals surface area contributed by atoms with Crippen LogP contribution in [0.5, 0.6) is 0 Å². The predicted molar refractivity (Wildman–Crippen MR) is 144 cm³/mol. The molecule has 0 amide bonds. The second-order valence-electron chi connectivity index (χ2n) is 10.2. The van der Waals surface area contributed by atoms with Gasteiger partial charge in [-0.05, 0) is 43.7 Å². The maximum absolute atomic E-state index is 15.3. The van der Waals surface area contributed by atoms with Gasteiger partial charge in [0.1, 0.15) is 17.5 Å². The molecule has 218 valence electrons. The van der Waals surface area contributed by atoms with Crippen LogP contribution >= 0.6 is 0 Å². The van der Waals surface area contributed by atoms with E-state index >= 15 is 13.2 Å². The summed E-state index contributed by atoms with van der Waals surface area (Å²) in [6, 6.07) is 13.6. The van der Waals surface area contributed by atoms with Gasteiger partial charge in [-0.25, -0.2) is 22.0 Å². The fourth-order valence-corrected chi connectivity index (χ4v) is 4.19. The lowest BCUT2D eigenvalue weighted by molar-refractivity contribution is -0.110. The van der Waals surface area contributed by atoms with Crippen molar-refractivity contribution in [2.45, 2.75) is 51.0 Å². The summed E-state index contributed by atoms with van der Waals surface area (Å²) in [5, 5.41) is 17.0. The molecule has 0 aliphatic carbocycles. The average Bonchev–Trinajstić information content (AvgIpc) is 3.47. The molecule has 2 aromatic heterocycles. The number of aldehydes is 1. The number of pyridine rings is 1. The quantitative estimate of drug-likeness (QED) is 0.134. The molecule has 2 aromatic carbocycles. The van der Waals surface area contributed by atoms with Gasteiger partial charge in [0.2, 0.25) is 5.89 Å². The van der Waals surface area contributed by atoms with Crippen LogP contribution < -0.4 is 4.90 Å². The average molecular weight is 584 g/mol. The van der Waals surface area contributed by atoms with E-state index in [-0.39, 0.29) is 35.1 Å². The molecule has 0 saturated carbocycles. The van der Waals surface area contributed by atoms with Gasteiger partial charge in [-0.3, -0.25) is 4.98 Å². The van der Waals surface area contributed by atoms with Crippen molar-refractivity contribution in [3.8, 4) is 28.8 Å². The largest absolute Gasteiger partial charge is 0.419 e. The number of hydrogen-bond donors (Lipinski definition) is 0. The molecule has 0 bridgehead atoms. The molecule has 0 N–H and O–H groups in total. The Kier molecular flexibility index (Phi) is 8.70. The molecule has 0 unspecified atom stereocenters. The molecule has 4 rings (SSSR count). The number of anilines is 1. The van der Waals surface area contributed by atoms with Crippen LogP contribution in [-0.2, 0) is 22.7 Å². The molecule has 4 aromatic rings. The Labute approximate surface area is 238 Å². The van der Waals surface area contributed by atoms with Crippen LogP contribution in [0.2, 0.25) is 0 Å². The lowest BCUT2D eigenvalue weighted by atomic mass is 9.96. The lowest BCUT2D eigenvalue weighted by Crippen LogP contribution is -2.23. The van der Waals surface area contributed by atoms with E-state index in [1.807, 2.05) is 6.07 Å². The predicted octanol–water partition coefficient (Wildman–Crippen LogP) is 7.38. The minimum Gasteiger partial charge on any atom is -0.419 e. The summed E-state index contributed by atoms with van der Waals surface area (Å²) in [6.07, 6.45) is -2.39. The van der Waals surface area contributed by atoms with Crippen molar-refractivity contribution in [3.63, 3.8) is 0 Å². The summed E-state index contributed by atoms with van der Waals surface area (Å²) in [6.45, 7) is 3.20. The van der Waals surface area contributed by atoms with E-state index in [9.17, 15) is 18.8 Å². The standard InChI is InChI=1S/C30H26F5N5O2/c1-29(2,17-36)28-39-38-27(42-28)21-13-25(22(14-23(21)31)30(34,35)11-4-12-41)40(3)16-18-5-7-19(8-6-18)24-10-9-20(15-37-24)26(32)33/h5-10,12-15,26H,4,11,16H2,1-3H3. The molecule has 2 heterocycles. The van der Waals surface area contributed by atoms with Crippen molar-refractivity contribution >= 4 is 12.0 Å². The number of nitriles is 1. The van der Waals surface area contributed by atoms with Crippen molar-refractivity contribution in [2.24, 2.45) is 0 Å². The lowest BCUT2D eigenvalue weighted by Gasteiger charge is -2.27. The van der Waals surface area contributed by atoms with Gasteiger partial charge >= 0.3 is 0 Å². The maximum Gasteiger partial charge on any atom is 0.275 e. The molecular formula is C30H26F5N5O2. The first-order valence-electron chi connectivity index (χ1n) is 12.8. The number of carbonyl (C=O) groups is 1. The highest BCUT2D eigenvalue weighted by Crippen LogP contribution is 2.42. The van der Waals surface area contributed by atoms with Gasteiger partial charge in [-0.15, -0.1) is 10.2 Å². The summed E-state index contributed by atoms with van der Waals surface area (Å²) in [5.41, 5.74) is -0.377. The third-order valence-electron chi connectivity index (χ3n) is 6.64. The number of carbonyl (C=O) groups excluding carboxylic acids is 1. The van der Waals surface area contributed by atoms with E-state index in [0.717, 1.165) is 6.20 Å². The molecule has 7 nitrogen and oxygen atoms in total. The SMILES string of the molecule is CN(Cc1ccc(-c2ccc(C(F)F)cn2)cc1)c1cc(-c2nnc(C(C)(C)C#N)o2)c(F)cc1C(F)(F)CCC=O. The summed E-state index contributed by atoms with van der Waals surface area (Å²) in [4.78, 5) is 16.4. The van der Waals surface area contributed by atoms with Gasteiger partial charge in [-0.1, -0.05) is 24.3 Å². The zero-order chi connectivity index (χ0) is 30.7. The summed E-state index contributed by atoms with van der Waals surface area (Å²) in [7, 11) is 1.55. The van der Waals surface area contributed by atoms with Crippen LogP contribution in [0.15, 0.2) is 59.1 Å². The molecule has 0 saturated heterocycles. The number of benzene rings is 2. The molecular weight excluding hydrogens is 557 g/mol. The van der Waals surface area contributed by atoms with E-state index in [0.29, 0.717) is 29.2 Å². The number of alkyl halides is 4. The molecule has 0 spiro atoms. The minimum atomic E-state index is -3.54. The number of nitrogens with zero attached hydrogens (tertiary/aromatic N) is 5. The first kappa shape index (κ1) is 30.3. The highest BCUT2D eigenvalue weighted by atomic mass is 19.3. The Morgan fingerprint density at radius 1 is 1.10 bits per heavy atom. The molecule has 0 atom stereocenters. The van der Waals surface area contributed by atoms with Gasteiger partial charge in [-0.2, -0.15) is 5.26 Å². The zero-order valence-electron chi connectivity index (χ0n) is 22.9. The van der Waals surface area contributed by atoms with Gasteiger partial charge in [0.25, 0.3) is 18.2 Å². The van der Waals surface area contributed by atoms with Crippen LogP contribution in [0.3, 0.4) is 0 Å². The van der Waals surface area contributed by atoms with Gasteiger partial charge in [0, 0.05) is 55.0 Å². The van der Waals surface area contributed by atoms with Crippen molar-refractivity contribution in [2.75, 3.05) is 11.9 Å². The van der Waals surface area contributed by atoms with E-state index < -0.39 is 42.0 Å². The second kappa shape index (κ2) is 12.1. The minimum absolute atomic E-state index is 0.0325. The van der Waals surface area contributed by atoms with Crippen molar-refractivity contribution < 1.29 is 31.2 Å². The van der Waals surface area contributed by atoms with Crippen LogP contribution in [0.25, 0.3) is 22.7 Å². The molecule has 0 fully saturated rings. The fraction of sp³-hybridized carbons (Fsp3) is 0.300. The third-order valence-corrected chi connectivity index (χ3v) is 6.64. The van der Waals surface area contributed by atoms with Gasteiger partial charge < -0.3 is 14.1 Å². The normalized spacial score (nSPS) is 11.9. The Morgan fingerprint density at radius 2 is 1.81 bits per heavy atom. The van der Waals surface area contributed by atoms with Crippen LogP contribution in [0, 0.1) is 17.1 Å². The van der Waals surface area contributed by atoms with Crippen molar-refractivity contribution in [1.82, 2.24) is 15.2 Å². The number of halogens is 5. The molecule has 42 heavy (non-hydrogen) atoms. The molecule has 0 radical (unpaired) electrons. The highest BCUT2D eigenvalue weighted by molar-refractivity contribution is 5.68. The Morgan fingerprint density at radius 3 is 2.40 bits per heavy atom. The van der Waals surface area contributed by atoms with Crippen LogP contribution in [0.1, 0.15) is 55.7 Å². The van der Waals surface area contributed by atoms with Gasteiger partial charge in [0.15, 0.2) is 0 Å². The smallest absolute Gasteiger partial charge is 0.275 e. The Balaban J connectivity index is 1.68. The van der Waals surface area contributed by atoms with Crippen LogP contribution in [-0.4, -0.2) is 28.5 Å². The van der Waals surface area contributed by atoms with E-state index in [1.54, 1.807) is 31.3 Å². The summed E-state index contributed by atoms with van der Waals surface area (Å²) in [5.74, 6) is -4.91.